The van der Waals surface area contributed by atoms with E-state index in [1.165, 1.54) is 0 Å². The van der Waals surface area contributed by atoms with Gasteiger partial charge in [0.05, 0.1) is 5.69 Å². The van der Waals surface area contributed by atoms with Crippen LogP contribution in [0, 0.1) is 0 Å². The topological polar surface area (TPSA) is 22.0 Å². The van der Waals surface area contributed by atoms with Crippen molar-refractivity contribution in [2.45, 2.75) is 0 Å². The highest BCUT2D eigenvalue weighted by molar-refractivity contribution is 6.01. The minimum absolute atomic E-state index is 0.733. The van der Waals surface area contributed by atoms with Crippen LogP contribution < -0.4 is 0 Å². The molecule has 3 aromatic rings. The zero-order chi connectivity index (χ0) is 11.7. The Bertz CT molecular complexity index is 668. The number of fused-ring (bicyclic) bond motifs is 1. The van der Waals surface area contributed by atoms with E-state index in [0.29, 0.717) is 0 Å². The van der Waals surface area contributed by atoms with Gasteiger partial charge in [0, 0.05) is 23.3 Å². The molecule has 2 heteroatoms. The van der Waals surface area contributed by atoms with Crippen molar-refractivity contribution in [3.05, 3.63) is 66.5 Å². The molecule has 0 bridgehead atoms. The summed E-state index contributed by atoms with van der Waals surface area (Å²) in [6.07, 6.45) is 4.91. The molecule has 0 aliphatic rings. The predicted octanol–water partition coefficient (Wildman–Crippen LogP) is 3.44. The van der Waals surface area contributed by atoms with E-state index >= 15 is 0 Å². The van der Waals surface area contributed by atoms with Crippen LogP contribution in [-0.2, 0) is 0 Å². The van der Waals surface area contributed by atoms with Crippen molar-refractivity contribution >= 4 is 17.1 Å². The van der Waals surface area contributed by atoms with Crippen LogP contribution in [0.2, 0.25) is 0 Å². The van der Waals surface area contributed by atoms with Crippen molar-refractivity contribution in [2.24, 2.45) is 0 Å². The maximum absolute atomic E-state index is 11.0. The van der Waals surface area contributed by atoms with Crippen molar-refractivity contribution < 1.29 is 4.79 Å². The Morgan fingerprint density at radius 2 is 1.53 bits per heavy atom. The second kappa shape index (κ2) is 3.91. The van der Waals surface area contributed by atoms with E-state index in [2.05, 4.69) is 4.57 Å². The van der Waals surface area contributed by atoms with Crippen LogP contribution in [0.5, 0.6) is 0 Å². The molecule has 0 radical (unpaired) electrons. The number of hydrogen-bond acceptors (Lipinski definition) is 1. The van der Waals surface area contributed by atoms with Gasteiger partial charge in [0.1, 0.15) is 0 Å². The minimum atomic E-state index is 0.733. The highest BCUT2D eigenvalue weighted by atomic mass is 16.1. The minimum Gasteiger partial charge on any atom is -0.323 e. The van der Waals surface area contributed by atoms with Crippen molar-refractivity contribution in [1.82, 2.24) is 4.57 Å². The number of rotatable bonds is 2. The van der Waals surface area contributed by atoms with E-state index in [1.807, 2.05) is 60.9 Å². The van der Waals surface area contributed by atoms with Gasteiger partial charge in [0.2, 0.25) is 0 Å². The smallest absolute Gasteiger partial charge is 0.150 e. The number of nitrogens with zero attached hydrogens (tertiary/aromatic N) is 1. The average molecular weight is 221 g/mol. The first kappa shape index (κ1) is 9.85. The largest absolute Gasteiger partial charge is 0.323 e. The molecule has 82 valence electrons. The number of carbonyl (C=O) groups excluding carboxylic acids is 1. The maximum Gasteiger partial charge on any atom is 0.150 e. The third-order valence-corrected chi connectivity index (χ3v) is 2.94. The Morgan fingerprint density at radius 3 is 2.24 bits per heavy atom. The van der Waals surface area contributed by atoms with Crippen LogP contribution in [-0.4, -0.2) is 10.9 Å². The van der Waals surface area contributed by atoms with Gasteiger partial charge in [-0.15, -0.1) is 0 Å². The molecule has 0 atom stereocenters. The molecule has 0 saturated carbocycles. The van der Waals surface area contributed by atoms with E-state index in [9.17, 15) is 4.79 Å². The van der Waals surface area contributed by atoms with E-state index < -0.39 is 0 Å². The summed E-state index contributed by atoms with van der Waals surface area (Å²) in [5, 5.41) is 2.09. The lowest BCUT2D eigenvalue weighted by atomic mass is 10.0. The second-order valence-corrected chi connectivity index (χ2v) is 3.93. The van der Waals surface area contributed by atoms with E-state index in [0.717, 1.165) is 28.3 Å². The molecule has 1 heterocycles. The fraction of sp³-hybridized carbons (Fsp3) is 0. The first-order chi connectivity index (χ1) is 8.40. The molecule has 1 aromatic heterocycles. The molecule has 0 fully saturated rings. The SMILES string of the molecule is O=Cc1ccc(-n2cccc2)c2ccccc12. The summed E-state index contributed by atoms with van der Waals surface area (Å²) >= 11 is 0. The van der Waals surface area contributed by atoms with Gasteiger partial charge in [-0.2, -0.15) is 0 Å². The van der Waals surface area contributed by atoms with Gasteiger partial charge in [-0.25, -0.2) is 0 Å². The maximum atomic E-state index is 11.0. The van der Waals surface area contributed by atoms with Crippen molar-refractivity contribution in [1.29, 1.82) is 0 Å². The average Bonchev–Trinajstić information content (AvgIpc) is 2.91. The van der Waals surface area contributed by atoms with Crippen LogP contribution >= 0.6 is 0 Å². The van der Waals surface area contributed by atoms with Gasteiger partial charge in [-0.1, -0.05) is 24.3 Å². The molecular formula is C15H11NO. The van der Waals surface area contributed by atoms with Crippen LogP contribution in [0.15, 0.2) is 60.9 Å². The quantitative estimate of drug-likeness (QED) is 0.607. The molecule has 0 saturated heterocycles. The molecule has 0 amide bonds. The summed E-state index contributed by atoms with van der Waals surface area (Å²) < 4.78 is 2.05. The van der Waals surface area contributed by atoms with E-state index in [4.69, 9.17) is 0 Å². The summed E-state index contributed by atoms with van der Waals surface area (Å²) in [6, 6.07) is 15.8. The zero-order valence-electron chi connectivity index (χ0n) is 9.21. The normalized spacial score (nSPS) is 10.6. The molecule has 0 aliphatic carbocycles. The van der Waals surface area contributed by atoms with Crippen LogP contribution in [0.25, 0.3) is 16.5 Å². The Morgan fingerprint density at radius 1 is 0.824 bits per heavy atom. The fourth-order valence-corrected chi connectivity index (χ4v) is 2.13. The summed E-state index contributed by atoms with van der Waals surface area (Å²) in [5.74, 6) is 0. The molecule has 0 aliphatic heterocycles. The Hall–Kier alpha value is -2.35. The lowest BCUT2D eigenvalue weighted by Gasteiger charge is -2.09. The highest BCUT2D eigenvalue weighted by Crippen LogP contribution is 2.24. The van der Waals surface area contributed by atoms with Gasteiger partial charge in [-0.05, 0) is 29.7 Å². The van der Waals surface area contributed by atoms with Crippen molar-refractivity contribution in [3.63, 3.8) is 0 Å². The van der Waals surface area contributed by atoms with Crippen molar-refractivity contribution in [3.8, 4) is 5.69 Å². The number of aromatic nitrogens is 1. The number of aldehydes is 1. The van der Waals surface area contributed by atoms with Crippen molar-refractivity contribution in [2.75, 3.05) is 0 Å². The molecule has 3 rings (SSSR count). The van der Waals surface area contributed by atoms with Crippen LogP contribution in [0.1, 0.15) is 10.4 Å². The molecule has 0 unspecified atom stereocenters. The summed E-state index contributed by atoms with van der Waals surface area (Å²) in [7, 11) is 0. The predicted molar refractivity (Wildman–Crippen MR) is 68.7 cm³/mol. The van der Waals surface area contributed by atoms with E-state index in [-0.39, 0.29) is 0 Å². The fourth-order valence-electron chi connectivity index (χ4n) is 2.13. The summed E-state index contributed by atoms with van der Waals surface area (Å²) in [5.41, 5.74) is 1.83. The monoisotopic (exact) mass is 221 g/mol. The van der Waals surface area contributed by atoms with Crippen LogP contribution in [0.4, 0.5) is 0 Å². The first-order valence-corrected chi connectivity index (χ1v) is 5.50. The molecule has 2 aromatic carbocycles. The third-order valence-electron chi connectivity index (χ3n) is 2.94. The third kappa shape index (κ3) is 1.54. The lowest BCUT2D eigenvalue weighted by molar-refractivity contribution is 0.112. The van der Waals surface area contributed by atoms with Crippen LogP contribution in [0.3, 0.4) is 0 Å². The molecule has 0 spiro atoms. The van der Waals surface area contributed by atoms with Gasteiger partial charge >= 0.3 is 0 Å². The second-order valence-electron chi connectivity index (χ2n) is 3.93. The molecular weight excluding hydrogens is 210 g/mol. The molecule has 2 nitrogen and oxygen atoms in total. The summed E-state index contributed by atoms with van der Waals surface area (Å²) in [6.45, 7) is 0. The van der Waals surface area contributed by atoms with Gasteiger partial charge < -0.3 is 4.57 Å². The van der Waals surface area contributed by atoms with E-state index in [1.54, 1.807) is 0 Å². The first-order valence-electron chi connectivity index (χ1n) is 5.50. The Balaban J connectivity index is 2.38. The lowest BCUT2D eigenvalue weighted by Crippen LogP contribution is -1.93. The number of carbonyl (C=O) groups is 1. The molecule has 17 heavy (non-hydrogen) atoms. The standard InChI is InChI=1S/C15H11NO/c17-11-12-7-8-15(16-9-3-4-10-16)14-6-2-1-5-13(12)14/h1-11H. The Kier molecular flexibility index (Phi) is 2.26. The van der Waals surface area contributed by atoms with Gasteiger partial charge in [0.15, 0.2) is 6.29 Å². The Labute approximate surface area is 99.1 Å². The number of hydrogen-bond donors (Lipinski definition) is 0. The van der Waals surface area contributed by atoms with Gasteiger partial charge in [0.25, 0.3) is 0 Å². The summed E-state index contributed by atoms with van der Waals surface area (Å²) in [4.78, 5) is 11.0. The zero-order valence-corrected chi connectivity index (χ0v) is 9.21. The molecule has 0 N–H and O–H groups in total. The number of benzene rings is 2. The van der Waals surface area contributed by atoms with Gasteiger partial charge in [-0.3, -0.25) is 4.79 Å². The highest BCUT2D eigenvalue weighted by Gasteiger charge is 2.05.